The first-order valence-electron chi connectivity index (χ1n) is 7.92. The Kier molecular flexibility index (Phi) is 6.07. The molecule has 0 unspecified atom stereocenters. The summed E-state index contributed by atoms with van der Waals surface area (Å²) in [7, 11) is 0. The number of hydrogen-bond acceptors (Lipinski definition) is 2. The molecule has 0 radical (unpaired) electrons. The minimum Gasteiger partial charge on any atom is -0.481 e. The van der Waals surface area contributed by atoms with E-state index in [0.717, 1.165) is 37.5 Å². The van der Waals surface area contributed by atoms with Gasteiger partial charge < -0.3 is 10.0 Å². The van der Waals surface area contributed by atoms with Crippen LogP contribution in [0, 0.1) is 11.6 Å². The maximum atomic E-state index is 13.6. The number of carboxylic acids is 1. The van der Waals surface area contributed by atoms with Gasteiger partial charge in [0.15, 0.2) is 0 Å². The molecule has 1 N–H and O–H groups in total. The first kappa shape index (κ1) is 17.4. The summed E-state index contributed by atoms with van der Waals surface area (Å²) in [6, 6.07) is 3.16. The van der Waals surface area contributed by atoms with Gasteiger partial charge in [0.1, 0.15) is 11.6 Å². The van der Waals surface area contributed by atoms with Gasteiger partial charge >= 0.3 is 5.97 Å². The fraction of sp³-hybridized carbons (Fsp3) is 0.529. The van der Waals surface area contributed by atoms with Crippen molar-refractivity contribution in [1.29, 1.82) is 0 Å². The first-order chi connectivity index (χ1) is 11.0. The zero-order chi connectivity index (χ0) is 16.8. The van der Waals surface area contributed by atoms with Gasteiger partial charge in [-0.05, 0) is 55.9 Å². The van der Waals surface area contributed by atoms with E-state index in [1.807, 2.05) is 0 Å². The monoisotopic (exact) mass is 325 g/mol. The molecule has 1 atom stereocenters. The Hall–Kier alpha value is -1.98. The molecule has 23 heavy (non-hydrogen) atoms. The van der Waals surface area contributed by atoms with Gasteiger partial charge in [0.2, 0.25) is 5.91 Å². The second-order valence-corrected chi connectivity index (χ2v) is 5.90. The summed E-state index contributed by atoms with van der Waals surface area (Å²) in [5, 5.41) is 8.80. The van der Waals surface area contributed by atoms with E-state index in [2.05, 4.69) is 0 Å². The van der Waals surface area contributed by atoms with Crippen molar-refractivity contribution in [3.8, 4) is 0 Å². The van der Waals surface area contributed by atoms with Crippen molar-refractivity contribution in [3.63, 3.8) is 0 Å². The second kappa shape index (κ2) is 8.04. The van der Waals surface area contributed by atoms with E-state index in [0.29, 0.717) is 13.0 Å². The number of piperidine rings is 1. The number of benzene rings is 1. The van der Waals surface area contributed by atoms with Gasteiger partial charge in [-0.1, -0.05) is 0 Å². The van der Waals surface area contributed by atoms with Crippen LogP contribution < -0.4 is 0 Å². The highest BCUT2D eigenvalue weighted by Gasteiger charge is 2.26. The number of rotatable bonds is 6. The highest BCUT2D eigenvalue weighted by atomic mass is 19.1. The van der Waals surface area contributed by atoms with E-state index >= 15 is 0 Å². The van der Waals surface area contributed by atoms with Crippen LogP contribution in [0.5, 0.6) is 0 Å². The summed E-state index contributed by atoms with van der Waals surface area (Å²) < 4.78 is 26.7. The number of carboxylic acid groups (broad SMARTS) is 1. The van der Waals surface area contributed by atoms with Crippen LogP contribution in [0.1, 0.15) is 44.1 Å². The van der Waals surface area contributed by atoms with Crippen LogP contribution in [0.15, 0.2) is 18.2 Å². The SMILES string of the molecule is O=C(O)CC[C@@H]1CCCCN1C(=O)CCc1cc(F)ccc1F. The van der Waals surface area contributed by atoms with E-state index in [-0.39, 0.29) is 36.8 Å². The van der Waals surface area contributed by atoms with Crippen LogP contribution in [0.4, 0.5) is 8.78 Å². The molecule has 0 spiro atoms. The zero-order valence-corrected chi connectivity index (χ0v) is 12.9. The smallest absolute Gasteiger partial charge is 0.303 e. The molecule has 1 heterocycles. The zero-order valence-electron chi connectivity index (χ0n) is 12.9. The molecule has 4 nitrogen and oxygen atoms in total. The Morgan fingerprint density at radius 3 is 2.74 bits per heavy atom. The predicted molar refractivity (Wildman–Crippen MR) is 80.9 cm³/mol. The molecule has 0 saturated carbocycles. The third-order valence-corrected chi connectivity index (χ3v) is 4.25. The third kappa shape index (κ3) is 5.01. The van der Waals surface area contributed by atoms with Crippen molar-refractivity contribution in [3.05, 3.63) is 35.4 Å². The Balaban J connectivity index is 1.94. The molecule has 6 heteroatoms. The molecular formula is C17H21F2NO3. The lowest BCUT2D eigenvalue weighted by molar-refractivity contribution is -0.140. The number of carbonyl (C=O) groups excluding carboxylic acids is 1. The predicted octanol–water partition coefficient (Wildman–Crippen LogP) is 3.14. The van der Waals surface area contributed by atoms with Crippen molar-refractivity contribution < 1.29 is 23.5 Å². The number of carbonyl (C=O) groups is 2. The average molecular weight is 325 g/mol. The van der Waals surface area contributed by atoms with Gasteiger partial charge in [-0.2, -0.15) is 0 Å². The molecule has 1 aliphatic heterocycles. The lowest BCUT2D eigenvalue weighted by atomic mass is 9.97. The lowest BCUT2D eigenvalue weighted by Gasteiger charge is -2.35. The first-order valence-corrected chi connectivity index (χ1v) is 7.92. The molecule has 126 valence electrons. The van der Waals surface area contributed by atoms with Gasteiger partial charge in [0.25, 0.3) is 0 Å². The summed E-state index contributed by atoms with van der Waals surface area (Å²) in [5.74, 6) is -2.03. The van der Waals surface area contributed by atoms with Crippen molar-refractivity contribution in [1.82, 2.24) is 4.90 Å². The average Bonchev–Trinajstić information content (AvgIpc) is 2.53. The maximum Gasteiger partial charge on any atom is 0.303 e. The van der Waals surface area contributed by atoms with Crippen LogP contribution in [0.2, 0.25) is 0 Å². The fourth-order valence-corrected chi connectivity index (χ4v) is 3.04. The molecule has 1 amide bonds. The Morgan fingerprint density at radius 1 is 1.22 bits per heavy atom. The van der Waals surface area contributed by atoms with Crippen molar-refractivity contribution >= 4 is 11.9 Å². The number of hydrogen-bond donors (Lipinski definition) is 1. The van der Waals surface area contributed by atoms with Crippen molar-refractivity contribution in [2.45, 2.75) is 51.0 Å². The minimum atomic E-state index is -0.871. The standard InChI is InChI=1S/C17H21F2NO3/c18-13-5-7-15(19)12(11-13)4-8-16(21)20-10-2-1-3-14(20)6-9-17(22)23/h5,7,11,14H,1-4,6,8-10H2,(H,22,23)/t14-/m0/s1. The van der Waals surface area contributed by atoms with Crippen LogP contribution >= 0.6 is 0 Å². The molecule has 1 fully saturated rings. The molecule has 0 aliphatic carbocycles. The van der Waals surface area contributed by atoms with Crippen LogP contribution in [-0.4, -0.2) is 34.5 Å². The summed E-state index contributed by atoms with van der Waals surface area (Å²) in [6.45, 7) is 0.606. The number of nitrogens with zero attached hydrogens (tertiary/aromatic N) is 1. The number of amides is 1. The highest BCUT2D eigenvalue weighted by Crippen LogP contribution is 2.22. The number of likely N-dealkylation sites (tertiary alicyclic amines) is 1. The minimum absolute atomic E-state index is 0.0347. The number of aryl methyl sites for hydroxylation is 1. The second-order valence-electron chi connectivity index (χ2n) is 5.90. The Morgan fingerprint density at radius 2 is 2.00 bits per heavy atom. The van der Waals surface area contributed by atoms with Gasteiger partial charge in [-0.3, -0.25) is 9.59 Å². The molecule has 0 bridgehead atoms. The molecule has 2 rings (SSSR count). The summed E-state index contributed by atoms with van der Waals surface area (Å²) in [6.07, 6.45) is 3.39. The van der Waals surface area contributed by atoms with Gasteiger partial charge in [-0.25, -0.2) is 8.78 Å². The van der Waals surface area contributed by atoms with E-state index in [1.54, 1.807) is 4.90 Å². The summed E-state index contributed by atoms with van der Waals surface area (Å²) in [4.78, 5) is 24.8. The number of halogens is 2. The van der Waals surface area contributed by atoms with Gasteiger partial charge in [0.05, 0.1) is 0 Å². The molecule has 1 aliphatic rings. The van der Waals surface area contributed by atoms with Crippen molar-refractivity contribution in [2.75, 3.05) is 6.54 Å². The van der Waals surface area contributed by atoms with E-state index in [1.165, 1.54) is 0 Å². The molecule has 1 saturated heterocycles. The van der Waals surface area contributed by atoms with E-state index in [9.17, 15) is 18.4 Å². The molecule has 0 aromatic heterocycles. The topological polar surface area (TPSA) is 57.6 Å². The Labute approximate surface area is 134 Å². The van der Waals surface area contributed by atoms with E-state index in [4.69, 9.17) is 5.11 Å². The summed E-state index contributed by atoms with van der Waals surface area (Å²) >= 11 is 0. The fourth-order valence-electron chi connectivity index (χ4n) is 3.04. The van der Waals surface area contributed by atoms with E-state index < -0.39 is 17.6 Å². The third-order valence-electron chi connectivity index (χ3n) is 4.25. The maximum absolute atomic E-state index is 13.6. The molecule has 1 aromatic carbocycles. The number of aliphatic carboxylic acids is 1. The highest BCUT2D eigenvalue weighted by molar-refractivity contribution is 5.77. The van der Waals surface area contributed by atoms with Crippen molar-refractivity contribution in [2.24, 2.45) is 0 Å². The quantitative estimate of drug-likeness (QED) is 0.874. The largest absolute Gasteiger partial charge is 0.481 e. The Bertz CT molecular complexity index is 577. The van der Waals surface area contributed by atoms with Crippen LogP contribution in [0.3, 0.4) is 0 Å². The normalized spacial score (nSPS) is 18.0. The molecule has 1 aromatic rings. The van der Waals surface area contributed by atoms with Gasteiger partial charge in [-0.15, -0.1) is 0 Å². The van der Waals surface area contributed by atoms with Crippen LogP contribution in [0.25, 0.3) is 0 Å². The van der Waals surface area contributed by atoms with Gasteiger partial charge in [0, 0.05) is 25.4 Å². The lowest BCUT2D eigenvalue weighted by Crippen LogP contribution is -2.44. The van der Waals surface area contributed by atoms with Crippen LogP contribution in [-0.2, 0) is 16.0 Å². The summed E-state index contributed by atoms with van der Waals surface area (Å²) in [5.41, 5.74) is 0.192. The molecular weight excluding hydrogens is 304 g/mol.